The first-order valence-corrected chi connectivity index (χ1v) is 5.59. The van der Waals surface area contributed by atoms with Crippen LogP contribution in [0.25, 0.3) is 0 Å². The quantitative estimate of drug-likeness (QED) is 0.613. The van der Waals surface area contributed by atoms with Gasteiger partial charge in [-0.15, -0.1) is 11.6 Å². The van der Waals surface area contributed by atoms with E-state index in [1.54, 1.807) is 12.1 Å². The summed E-state index contributed by atoms with van der Waals surface area (Å²) in [4.78, 5) is 11.6. The predicted octanol–water partition coefficient (Wildman–Crippen LogP) is 3.57. The highest BCUT2D eigenvalue weighted by atomic mass is 79.9. The van der Waals surface area contributed by atoms with Crippen molar-refractivity contribution in [3.63, 3.8) is 0 Å². The molecule has 1 rings (SSSR count). The maximum absolute atomic E-state index is 11.9. The van der Waals surface area contributed by atoms with Crippen molar-refractivity contribution in [3.8, 4) is 5.75 Å². The minimum atomic E-state index is -0.912. The Kier molecular flexibility index (Phi) is 5.05. The Morgan fingerprint density at radius 2 is 2.27 bits per heavy atom. The molecular weight excluding hydrogens is 286 g/mol. The molecule has 0 spiro atoms. The van der Waals surface area contributed by atoms with Crippen molar-refractivity contribution in [2.75, 3.05) is 12.7 Å². The lowest BCUT2D eigenvalue weighted by Gasteiger charge is -2.06. The lowest BCUT2D eigenvalue weighted by molar-refractivity contribution is 0.0987. The molecule has 0 unspecified atom stereocenters. The molecule has 82 valence electrons. The van der Waals surface area contributed by atoms with Crippen LogP contribution < -0.4 is 4.74 Å². The SMILES string of the molecule is O=C(CCCl)c1cc(OCF)ccc1Br. The van der Waals surface area contributed by atoms with Crippen LogP contribution in [0.5, 0.6) is 5.75 Å². The second-order valence-corrected chi connectivity index (χ2v) is 3.99. The molecular formula is C10H9BrClFO2. The standard InChI is InChI=1S/C10H9BrClFO2/c11-9-2-1-7(15-6-13)5-8(9)10(14)3-4-12/h1-2,5H,3-4,6H2. The third-order valence-electron chi connectivity index (χ3n) is 1.78. The van der Waals surface area contributed by atoms with E-state index in [9.17, 15) is 9.18 Å². The molecule has 15 heavy (non-hydrogen) atoms. The highest BCUT2D eigenvalue weighted by Crippen LogP contribution is 2.24. The summed E-state index contributed by atoms with van der Waals surface area (Å²) in [7, 11) is 0. The van der Waals surface area contributed by atoms with Crippen LogP contribution in [-0.2, 0) is 0 Å². The van der Waals surface area contributed by atoms with Crippen LogP contribution in [0.1, 0.15) is 16.8 Å². The van der Waals surface area contributed by atoms with Gasteiger partial charge in [0.25, 0.3) is 0 Å². The van der Waals surface area contributed by atoms with Crippen molar-refractivity contribution >= 4 is 33.3 Å². The summed E-state index contributed by atoms with van der Waals surface area (Å²) in [5.41, 5.74) is 0.460. The summed E-state index contributed by atoms with van der Waals surface area (Å²) in [5.74, 6) is 0.499. The number of Topliss-reactive ketones (excluding diaryl/α,β-unsaturated/α-hetero) is 1. The molecule has 0 radical (unpaired) electrons. The molecule has 0 aliphatic rings. The van der Waals surface area contributed by atoms with E-state index in [0.29, 0.717) is 15.8 Å². The maximum atomic E-state index is 11.9. The molecule has 0 saturated carbocycles. The second-order valence-electron chi connectivity index (χ2n) is 2.76. The van der Waals surface area contributed by atoms with Gasteiger partial charge in [-0.25, -0.2) is 4.39 Å². The van der Waals surface area contributed by atoms with Crippen LogP contribution >= 0.6 is 27.5 Å². The first-order chi connectivity index (χ1) is 7.19. The first kappa shape index (κ1) is 12.5. The van der Waals surface area contributed by atoms with Gasteiger partial charge in [-0.05, 0) is 18.2 Å². The number of alkyl halides is 2. The fourth-order valence-electron chi connectivity index (χ4n) is 1.09. The van der Waals surface area contributed by atoms with E-state index in [0.717, 1.165) is 0 Å². The van der Waals surface area contributed by atoms with Gasteiger partial charge in [0.2, 0.25) is 6.86 Å². The third-order valence-corrected chi connectivity index (χ3v) is 2.66. The van der Waals surface area contributed by atoms with E-state index >= 15 is 0 Å². The highest BCUT2D eigenvalue weighted by Gasteiger charge is 2.10. The van der Waals surface area contributed by atoms with Gasteiger partial charge in [-0.2, -0.15) is 0 Å². The first-order valence-electron chi connectivity index (χ1n) is 4.26. The van der Waals surface area contributed by atoms with Crippen LogP contribution in [0, 0.1) is 0 Å². The largest absolute Gasteiger partial charge is 0.463 e. The molecule has 1 aromatic carbocycles. The summed E-state index contributed by atoms with van der Waals surface area (Å²) in [6.45, 7) is -0.912. The number of carbonyl (C=O) groups excluding carboxylic acids is 1. The number of ketones is 1. The molecule has 5 heteroatoms. The summed E-state index contributed by atoms with van der Waals surface area (Å²) in [6, 6.07) is 4.73. The molecule has 0 bridgehead atoms. The smallest absolute Gasteiger partial charge is 0.228 e. The summed E-state index contributed by atoms with van der Waals surface area (Å²) < 4.78 is 17.2. The van der Waals surface area contributed by atoms with Gasteiger partial charge in [0.15, 0.2) is 5.78 Å². The molecule has 1 aromatic rings. The molecule has 0 atom stereocenters. The van der Waals surface area contributed by atoms with Crippen molar-refractivity contribution in [3.05, 3.63) is 28.2 Å². The fraction of sp³-hybridized carbons (Fsp3) is 0.300. The Hall–Kier alpha value is -0.610. The van der Waals surface area contributed by atoms with Gasteiger partial charge in [0, 0.05) is 22.3 Å². The Morgan fingerprint density at radius 3 is 2.87 bits per heavy atom. The van der Waals surface area contributed by atoms with E-state index < -0.39 is 6.86 Å². The van der Waals surface area contributed by atoms with Gasteiger partial charge in [0.1, 0.15) is 5.75 Å². The van der Waals surface area contributed by atoms with E-state index in [1.165, 1.54) is 6.07 Å². The van der Waals surface area contributed by atoms with E-state index in [1.807, 2.05) is 0 Å². The Bertz CT molecular complexity index is 357. The molecule has 0 fully saturated rings. The van der Waals surface area contributed by atoms with Gasteiger partial charge in [-0.1, -0.05) is 15.9 Å². The van der Waals surface area contributed by atoms with Crippen molar-refractivity contribution in [2.45, 2.75) is 6.42 Å². The van der Waals surface area contributed by atoms with Crippen LogP contribution in [0.2, 0.25) is 0 Å². The van der Waals surface area contributed by atoms with E-state index in [2.05, 4.69) is 20.7 Å². The van der Waals surface area contributed by atoms with Crippen molar-refractivity contribution in [1.82, 2.24) is 0 Å². The number of hydrogen-bond acceptors (Lipinski definition) is 2. The van der Waals surface area contributed by atoms with Crippen molar-refractivity contribution in [1.29, 1.82) is 0 Å². The predicted molar refractivity (Wildman–Crippen MR) is 60.4 cm³/mol. The zero-order chi connectivity index (χ0) is 11.3. The number of ether oxygens (including phenoxy) is 1. The number of rotatable bonds is 5. The Balaban J connectivity index is 2.94. The van der Waals surface area contributed by atoms with Crippen molar-refractivity contribution in [2.24, 2.45) is 0 Å². The van der Waals surface area contributed by atoms with Gasteiger partial charge < -0.3 is 4.74 Å². The molecule has 0 saturated heterocycles. The Morgan fingerprint density at radius 1 is 1.53 bits per heavy atom. The molecule has 0 aromatic heterocycles. The normalized spacial score (nSPS) is 10.1. The van der Waals surface area contributed by atoms with Gasteiger partial charge in [-0.3, -0.25) is 4.79 Å². The van der Waals surface area contributed by atoms with Crippen LogP contribution in [0.4, 0.5) is 4.39 Å². The molecule has 2 nitrogen and oxygen atoms in total. The maximum Gasteiger partial charge on any atom is 0.228 e. The lowest BCUT2D eigenvalue weighted by atomic mass is 10.1. The summed E-state index contributed by atoms with van der Waals surface area (Å²) >= 11 is 8.71. The number of benzene rings is 1. The Labute approximate surface area is 101 Å². The highest BCUT2D eigenvalue weighted by molar-refractivity contribution is 9.10. The fourth-order valence-corrected chi connectivity index (χ4v) is 1.73. The molecule has 0 aliphatic carbocycles. The minimum Gasteiger partial charge on any atom is -0.463 e. The van der Waals surface area contributed by atoms with Gasteiger partial charge >= 0.3 is 0 Å². The number of hydrogen-bond donors (Lipinski definition) is 0. The van der Waals surface area contributed by atoms with Crippen molar-refractivity contribution < 1.29 is 13.9 Å². The van der Waals surface area contributed by atoms with Gasteiger partial charge in [0.05, 0.1) is 0 Å². The average Bonchev–Trinajstić information content (AvgIpc) is 2.21. The zero-order valence-electron chi connectivity index (χ0n) is 7.80. The third kappa shape index (κ3) is 3.47. The molecule has 0 aliphatic heterocycles. The molecule has 0 heterocycles. The zero-order valence-corrected chi connectivity index (χ0v) is 10.1. The summed E-state index contributed by atoms with van der Waals surface area (Å²) in [5, 5.41) is 0. The second kappa shape index (κ2) is 6.08. The number of halogens is 3. The topological polar surface area (TPSA) is 26.3 Å². The monoisotopic (exact) mass is 294 g/mol. The lowest BCUT2D eigenvalue weighted by Crippen LogP contribution is -2.02. The molecule has 0 amide bonds. The number of carbonyl (C=O) groups is 1. The van der Waals surface area contributed by atoms with Crippen LogP contribution in [-0.4, -0.2) is 18.5 Å². The van der Waals surface area contributed by atoms with E-state index in [-0.39, 0.29) is 18.1 Å². The average molecular weight is 296 g/mol. The summed E-state index contributed by atoms with van der Waals surface area (Å²) in [6.07, 6.45) is 0.249. The van der Waals surface area contributed by atoms with Crippen LogP contribution in [0.3, 0.4) is 0 Å². The molecule has 0 N–H and O–H groups in total. The minimum absolute atomic E-state index is 0.0961. The van der Waals surface area contributed by atoms with E-state index in [4.69, 9.17) is 11.6 Å². The van der Waals surface area contributed by atoms with Crippen LogP contribution in [0.15, 0.2) is 22.7 Å².